The average Bonchev–Trinajstić information content (AvgIpc) is 3.10. The first-order chi connectivity index (χ1) is 10.0. The number of hydrogen-bond donors (Lipinski definition) is 0. The van der Waals surface area contributed by atoms with E-state index in [0.717, 1.165) is 35.3 Å². The first-order valence-electron chi connectivity index (χ1n) is 7.17. The van der Waals surface area contributed by atoms with Crippen LogP contribution in [0.3, 0.4) is 0 Å². The third kappa shape index (κ3) is 2.26. The fourth-order valence-electron chi connectivity index (χ4n) is 2.59. The number of anilines is 1. The first-order valence-corrected chi connectivity index (χ1v) is 8.87. The predicted molar refractivity (Wildman–Crippen MR) is 88.6 cm³/mol. The Hall–Kier alpha value is -1.40. The van der Waals surface area contributed by atoms with Crippen LogP contribution in [0.5, 0.6) is 0 Å². The molecule has 4 rings (SSSR count). The molecule has 0 spiro atoms. The zero-order chi connectivity index (χ0) is 14.6. The van der Waals surface area contributed by atoms with Crippen LogP contribution in [0.2, 0.25) is 0 Å². The van der Waals surface area contributed by atoms with Crippen molar-refractivity contribution in [3.05, 3.63) is 33.8 Å². The number of aromatic nitrogens is 3. The quantitative estimate of drug-likeness (QED) is 0.686. The molecule has 1 aliphatic heterocycles. The topological polar surface area (TPSA) is 33.4 Å². The van der Waals surface area contributed by atoms with Crippen molar-refractivity contribution in [2.24, 2.45) is 0 Å². The van der Waals surface area contributed by atoms with Crippen LogP contribution in [-0.2, 0) is 18.4 Å². The molecule has 3 aromatic rings. The molecule has 3 aromatic heterocycles. The van der Waals surface area contributed by atoms with E-state index in [0.29, 0.717) is 0 Å². The van der Waals surface area contributed by atoms with E-state index in [9.17, 15) is 0 Å². The number of imidazole rings is 1. The minimum Gasteiger partial charge on any atom is -0.342 e. The molecule has 0 saturated carbocycles. The molecule has 0 saturated heterocycles. The average molecular weight is 318 g/mol. The lowest BCUT2D eigenvalue weighted by atomic mass is 9.93. The molecule has 0 unspecified atom stereocenters. The minimum absolute atomic E-state index is 0.0737. The summed E-state index contributed by atoms with van der Waals surface area (Å²) in [4.78, 5) is 9.62. The third-order valence-electron chi connectivity index (χ3n) is 3.88. The number of hydrogen-bond acceptors (Lipinski definition) is 5. The van der Waals surface area contributed by atoms with Crippen LogP contribution in [0, 0.1) is 0 Å². The number of fused-ring (bicyclic) bond motifs is 2. The molecule has 110 valence electrons. The highest BCUT2D eigenvalue weighted by atomic mass is 32.1. The molecular formula is C15H18N4S2. The standard InChI is InChI=1S/C15H18N4S2/c1-15(2,3)12-9-19-13(16-12)21-14(17-19)18-6-4-11-10(8-18)5-7-20-11/h5,7,9H,4,6,8H2,1-3H3. The third-order valence-corrected chi connectivity index (χ3v) is 5.89. The van der Waals surface area contributed by atoms with Gasteiger partial charge in [0, 0.05) is 23.4 Å². The second-order valence-corrected chi connectivity index (χ2v) is 8.46. The van der Waals surface area contributed by atoms with Crippen molar-refractivity contribution in [2.45, 2.75) is 39.2 Å². The maximum absolute atomic E-state index is 4.73. The Morgan fingerprint density at radius 1 is 1.29 bits per heavy atom. The van der Waals surface area contributed by atoms with Crippen molar-refractivity contribution < 1.29 is 0 Å². The number of rotatable bonds is 1. The number of nitrogens with zero attached hydrogens (tertiary/aromatic N) is 4. The van der Waals surface area contributed by atoms with Gasteiger partial charge in [-0.05, 0) is 23.4 Å². The zero-order valence-electron chi connectivity index (χ0n) is 12.5. The summed E-state index contributed by atoms with van der Waals surface area (Å²) in [7, 11) is 0. The summed E-state index contributed by atoms with van der Waals surface area (Å²) < 4.78 is 1.93. The molecule has 6 heteroatoms. The molecule has 0 N–H and O–H groups in total. The van der Waals surface area contributed by atoms with Crippen molar-refractivity contribution in [2.75, 3.05) is 11.4 Å². The molecule has 0 aromatic carbocycles. The van der Waals surface area contributed by atoms with Gasteiger partial charge in [-0.2, -0.15) is 0 Å². The van der Waals surface area contributed by atoms with Gasteiger partial charge in [-0.15, -0.1) is 16.4 Å². The van der Waals surface area contributed by atoms with Gasteiger partial charge in [0.25, 0.3) is 0 Å². The van der Waals surface area contributed by atoms with Crippen molar-refractivity contribution in [1.82, 2.24) is 14.6 Å². The van der Waals surface area contributed by atoms with Crippen molar-refractivity contribution in [3.63, 3.8) is 0 Å². The molecule has 0 fully saturated rings. The fourth-order valence-corrected chi connectivity index (χ4v) is 4.39. The monoisotopic (exact) mass is 318 g/mol. The molecule has 4 heterocycles. The van der Waals surface area contributed by atoms with Gasteiger partial charge in [0.05, 0.1) is 11.9 Å². The normalized spacial score (nSPS) is 15.7. The molecule has 0 bridgehead atoms. The van der Waals surface area contributed by atoms with Crippen LogP contribution in [0.15, 0.2) is 17.6 Å². The second-order valence-electron chi connectivity index (χ2n) is 6.53. The van der Waals surface area contributed by atoms with Gasteiger partial charge in [0.15, 0.2) is 0 Å². The Bertz CT molecular complexity index is 759. The van der Waals surface area contributed by atoms with Gasteiger partial charge in [0.2, 0.25) is 10.1 Å². The van der Waals surface area contributed by atoms with Gasteiger partial charge in [0.1, 0.15) is 0 Å². The highest BCUT2D eigenvalue weighted by Gasteiger charge is 2.23. The Labute approximate surface area is 132 Å². The fraction of sp³-hybridized carbons (Fsp3) is 0.467. The Morgan fingerprint density at radius 3 is 2.90 bits per heavy atom. The molecule has 0 aliphatic carbocycles. The molecule has 1 aliphatic rings. The second kappa shape index (κ2) is 4.55. The molecule has 21 heavy (non-hydrogen) atoms. The lowest BCUT2D eigenvalue weighted by molar-refractivity contribution is 0.572. The summed E-state index contributed by atoms with van der Waals surface area (Å²) in [6, 6.07) is 2.24. The minimum atomic E-state index is 0.0737. The summed E-state index contributed by atoms with van der Waals surface area (Å²) in [6.07, 6.45) is 3.19. The molecule has 4 nitrogen and oxygen atoms in total. The maximum Gasteiger partial charge on any atom is 0.214 e. The van der Waals surface area contributed by atoms with Crippen molar-refractivity contribution >= 4 is 32.8 Å². The van der Waals surface area contributed by atoms with E-state index in [2.05, 4.69) is 43.3 Å². The van der Waals surface area contributed by atoms with E-state index < -0.39 is 0 Å². The van der Waals surface area contributed by atoms with E-state index in [1.165, 1.54) is 10.4 Å². The van der Waals surface area contributed by atoms with Crippen LogP contribution in [-0.4, -0.2) is 21.1 Å². The molecular weight excluding hydrogens is 300 g/mol. The van der Waals surface area contributed by atoms with E-state index in [1.807, 2.05) is 15.9 Å². The summed E-state index contributed by atoms with van der Waals surface area (Å²) in [5.41, 5.74) is 2.63. The molecule has 0 atom stereocenters. The van der Waals surface area contributed by atoms with Crippen LogP contribution >= 0.6 is 22.7 Å². The zero-order valence-corrected chi connectivity index (χ0v) is 14.1. The number of thiophene rings is 1. The van der Waals surface area contributed by atoms with Crippen molar-refractivity contribution in [1.29, 1.82) is 0 Å². The summed E-state index contributed by atoms with van der Waals surface area (Å²) >= 11 is 3.56. The van der Waals surface area contributed by atoms with Gasteiger partial charge in [-0.1, -0.05) is 32.1 Å². The first kappa shape index (κ1) is 13.3. The molecule has 0 amide bonds. The van der Waals surface area contributed by atoms with Gasteiger partial charge in [-0.3, -0.25) is 0 Å². The van der Waals surface area contributed by atoms with Crippen LogP contribution < -0.4 is 4.90 Å². The van der Waals surface area contributed by atoms with Gasteiger partial charge in [-0.25, -0.2) is 9.50 Å². The van der Waals surface area contributed by atoms with E-state index in [1.54, 1.807) is 11.3 Å². The summed E-state index contributed by atoms with van der Waals surface area (Å²) in [6.45, 7) is 8.58. The Kier molecular flexibility index (Phi) is 2.87. The maximum atomic E-state index is 4.73. The lowest BCUT2D eigenvalue weighted by Crippen LogP contribution is -2.29. The van der Waals surface area contributed by atoms with Gasteiger partial charge >= 0.3 is 0 Å². The Morgan fingerprint density at radius 2 is 2.14 bits per heavy atom. The SMILES string of the molecule is CC(C)(C)c1cn2nc(N3CCc4sccc4C3)sc2n1. The van der Waals surface area contributed by atoms with E-state index >= 15 is 0 Å². The smallest absolute Gasteiger partial charge is 0.214 e. The Balaban J connectivity index is 1.65. The van der Waals surface area contributed by atoms with Crippen LogP contribution in [0.25, 0.3) is 4.96 Å². The highest BCUT2D eigenvalue weighted by molar-refractivity contribution is 7.20. The van der Waals surface area contributed by atoms with E-state index in [4.69, 9.17) is 10.1 Å². The van der Waals surface area contributed by atoms with E-state index in [-0.39, 0.29) is 5.41 Å². The summed E-state index contributed by atoms with van der Waals surface area (Å²) in [5, 5.41) is 8.00. The lowest BCUT2D eigenvalue weighted by Gasteiger charge is -2.25. The van der Waals surface area contributed by atoms with Gasteiger partial charge < -0.3 is 4.90 Å². The molecule has 0 radical (unpaired) electrons. The van der Waals surface area contributed by atoms with Crippen LogP contribution in [0.4, 0.5) is 5.13 Å². The van der Waals surface area contributed by atoms with Crippen molar-refractivity contribution in [3.8, 4) is 0 Å². The highest BCUT2D eigenvalue weighted by Crippen LogP contribution is 2.31. The largest absolute Gasteiger partial charge is 0.342 e. The predicted octanol–water partition coefficient (Wildman–Crippen LogP) is 3.71. The summed E-state index contributed by atoms with van der Waals surface area (Å²) in [5.74, 6) is 0. The van der Waals surface area contributed by atoms with Crippen LogP contribution in [0.1, 0.15) is 36.9 Å².